The Morgan fingerprint density at radius 2 is 2.10 bits per heavy atom. The monoisotopic (exact) mass is 406 g/mol. The van der Waals surface area contributed by atoms with Gasteiger partial charge in [0, 0.05) is 30.5 Å². The fourth-order valence-corrected chi connectivity index (χ4v) is 4.15. The summed E-state index contributed by atoms with van der Waals surface area (Å²) in [6.45, 7) is 10.6. The SMILES string of the molecule is Cc1nc(-c2ccn[nH]2)n2nc(N3CCOC[C@H]3C)cc(-c3ccnn3C(C)C)c12. The lowest BCUT2D eigenvalue weighted by Crippen LogP contribution is -2.44. The third kappa shape index (κ3) is 2.97. The van der Waals surface area contributed by atoms with Crippen LogP contribution in [0.3, 0.4) is 0 Å². The van der Waals surface area contributed by atoms with E-state index in [0.717, 1.165) is 46.3 Å². The summed E-state index contributed by atoms with van der Waals surface area (Å²) in [5.41, 5.74) is 4.85. The number of imidazole rings is 1. The maximum absolute atomic E-state index is 5.64. The number of ether oxygens (including phenoxy) is 1. The van der Waals surface area contributed by atoms with Crippen molar-refractivity contribution in [1.82, 2.24) is 34.6 Å². The first-order valence-corrected chi connectivity index (χ1v) is 10.3. The standard InChI is InChI=1S/C21H26N8O/c1-13(2)28-18(6-8-23-28)16-11-19(27-9-10-30-12-14(27)3)26-29-20(16)15(4)24-21(29)17-5-7-22-25-17/h5-8,11,13-14H,9-10,12H2,1-4H3,(H,22,25)/t14-/m1/s1. The molecule has 1 fully saturated rings. The van der Waals surface area contributed by atoms with Crippen molar-refractivity contribution in [3.05, 3.63) is 36.3 Å². The number of H-pyrrole nitrogens is 1. The number of rotatable bonds is 4. The van der Waals surface area contributed by atoms with E-state index in [-0.39, 0.29) is 12.1 Å². The maximum atomic E-state index is 5.64. The molecule has 0 aromatic carbocycles. The highest BCUT2D eigenvalue weighted by Crippen LogP contribution is 2.34. The van der Waals surface area contributed by atoms with Gasteiger partial charge in [-0.3, -0.25) is 9.78 Å². The van der Waals surface area contributed by atoms with Crippen LogP contribution in [0, 0.1) is 6.92 Å². The quantitative estimate of drug-likeness (QED) is 0.560. The van der Waals surface area contributed by atoms with Crippen molar-refractivity contribution in [2.75, 3.05) is 24.7 Å². The summed E-state index contributed by atoms with van der Waals surface area (Å²) in [5, 5.41) is 16.7. The predicted molar refractivity (Wildman–Crippen MR) is 115 cm³/mol. The van der Waals surface area contributed by atoms with Crippen LogP contribution in [0.25, 0.3) is 28.3 Å². The highest BCUT2D eigenvalue weighted by molar-refractivity contribution is 5.84. The van der Waals surface area contributed by atoms with Crippen molar-refractivity contribution in [1.29, 1.82) is 0 Å². The molecule has 4 aromatic heterocycles. The molecule has 30 heavy (non-hydrogen) atoms. The molecule has 1 saturated heterocycles. The lowest BCUT2D eigenvalue weighted by molar-refractivity contribution is 0.0984. The first-order chi connectivity index (χ1) is 14.5. The van der Waals surface area contributed by atoms with E-state index in [0.29, 0.717) is 13.2 Å². The number of aromatic amines is 1. The molecule has 0 saturated carbocycles. The van der Waals surface area contributed by atoms with E-state index in [2.05, 4.69) is 53.1 Å². The molecule has 5 rings (SSSR count). The molecule has 4 aromatic rings. The smallest absolute Gasteiger partial charge is 0.179 e. The second-order valence-electron chi connectivity index (χ2n) is 8.04. The summed E-state index contributed by atoms with van der Waals surface area (Å²) < 4.78 is 9.63. The number of aromatic nitrogens is 7. The van der Waals surface area contributed by atoms with Crippen LogP contribution in [-0.4, -0.2) is 60.4 Å². The first kappa shape index (κ1) is 18.8. The van der Waals surface area contributed by atoms with Crippen LogP contribution in [0.4, 0.5) is 5.82 Å². The van der Waals surface area contributed by atoms with E-state index in [1.54, 1.807) is 6.20 Å². The summed E-state index contributed by atoms with van der Waals surface area (Å²) >= 11 is 0. The number of nitrogens with one attached hydrogen (secondary N) is 1. The summed E-state index contributed by atoms with van der Waals surface area (Å²) in [6.07, 6.45) is 3.58. The van der Waals surface area contributed by atoms with E-state index >= 15 is 0 Å². The molecule has 1 N–H and O–H groups in total. The van der Waals surface area contributed by atoms with Gasteiger partial charge in [-0.25, -0.2) is 9.50 Å². The van der Waals surface area contributed by atoms with Gasteiger partial charge in [0.25, 0.3) is 0 Å². The van der Waals surface area contributed by atoms with E-state index in [1.165, 1.54) is 0 Å². The maximum Gasteiger partial charge on any atom is 0.179 e. The summed E-state index contributed by atoms with van der Waals surface area (Å²) in [4.78, 5) is 7.14. The van der Waals surface area contributed by atoms with Crippen molar-refractivity contribution in [3.63, 3.8) is 0 Å². The number of nitrogens with zero attached hydrogens (tertiary/aromatic N) is 7. The van der Waals surface area contributed by atoms with Crippen LogP contribution in [0.15, 0.2) is 30.6 Å². The number of fused-ring (bicyclic) bond motifs is 1. The lowest BCUT2D eigenvalue weighted by atomic mass is 10.1. The Bertz CT molecular complexity index is 1170. The third-order valence-electron chi connectivity index (χ3n) is 5.60. The fraction of sp³-hybridized carbons (Fsp3) is 0.429. The molecule has 0 aliphatic carbocycles. The van der Waals surface area contributed by atoms with Crippen LogP contribution in [0.5, 0.6) is 0 Å². The van der Waals surface area contributed by atoms with Gasteiger partial charge < -0.3 is 9.64 Å². The third-order valence-corrected chi connectivity index (χ3v) is 5.60. The van der Waals surface area contributed by atoms with Crippen LogP contribution in [-0.2, 0) is 4.74 Å². The Kier molecular flexibility index (Phi) is 4.54. The van der Waals surface area contributed by atoms with Crippen molar-refractivity contribution in [3.8, 4) is 22.8 Å². The topological polar surface area (TPSA) is 89.2 Å². The minimum absolute atomic E-state index is 0.240. The van der Waals surface area contributed by atoms with Crippen molar-refractivity contribution >= 4 is 11.3 Å². The van der Waals surface area contributed by atoms with Crippen LogP contribution < -0.4 is 4.90 Å². The Morgan fingerprint density at radius 1 is 1.23 bits per heavy atom. The molecule has 1 atom stereocenters. The van der Waals surface area contributed by atoms with Crippen molar-refractivity contribution < 1.29 is 4.74 Å². The van der Waals surface area contributed by atoms with Gasteiger partial charge in [0.2, 0.25) is 0 Å². The lowest BCUT2D eigenvalue weighted by Gasteiger charge is -2.34. The van der Waals surface area contributed by atoms with Crippen LogP contribution >= 0.6 is 0 Å². The average Bonchev–Trinajstić information content (AvgIpc) is 3.48. The van der Waals surface area contributed by atoms with Gasteiger partial charge in [0.15, 0.2) is 11.6 Å². The molecule has 9 nitrogen and oxygen atoms in total. The first-order valence-electron chi connectivity index (χ1n) is 10.3. The summed E-state index contributed by atoms with van der Waals surface area (Å²) in [7, 11) is 0. The average molecular weight is 406 g/mol. The molecule has 5 heterocycles. The normalized spacial score (nSPS) is 17.4. The molecule has 0 spiro atoms. The zero-order chi connectivity index (χ0) is 20.8. The van der Waals surface area contributed by atoms with Gasteiger partial charge in [0.1, 0.15) is 5.69 Å². The highest BCUT2D eigenvalue weighted by Gasteiger charge is 2.25. The van der Waals surface area contributed by atoms with Crippen molar-refractivity contribution in [2.45, 2.75) is 39.8 Å². The zero-order valence-corrected chi connectivity index (χ0v) is 17.7. The minimum Gasteiger partial charge on any atom is -0.377 e. The molecule has 0 amide bonds. The van der Waals surface area contributed by atoms with E-state index in [9.17, 15) is 0 Å². The van der Waals surface area contributed by atoms with Crippen LogP contribution in [0.2, 0.25) is 0 Å². The van der Waals surface area contributed by atoms with Gasteiger partial charge in [-0.1, -0.05) is 0 Å². The minimum atomic E-state index is 0.240. The largest absolute Gasteiger partial charge is 0.377 e. The summed E-state index contributed by atoms with van der Waals surface area (Å²) in [6, 6.07) is 6.62. The van der Waals surface area contributed by atoms with Gasteiger partial charge in [-0.2, -0.15) is 10.2 Å². The Hall–Kier alpha value is -3.20. The number of anilines is 1. The number of aryl methyl sites for hydroxylation is 1. The molecule has 1 aliphatic rings. The van der Waals surface area contributed by atoms with E-state index in [1.807, 2.05) is 28.4 Å². The molecule has 0 bridgehead atoms. The Morgan fingerprint density at radius 3 is 2.83 bits per heavy atom. The Labute approximate surface area is 174 Å². The van der Waals surface area contributed by atoms with Gasteiger partial charge in [0.05, 0.1) is 36.2 Å². The highest BCUT2D eigenvalue weighted by atomic mass is 16.5. The second kappa shape index (κ2) is 7.24. The van der Waals surface area contributed by atoms with Gasteiger partial charge >= 0.3 is 0 Å². The van der Waals surface area contributed by atoms with Gasteiger partial charge in [-0.15, -0.1) is 5.10 Å². The molecule has 0 unspecified atom stereocenters. The molecule has 1 aliphatic heterocycles. The second-order valence-corrected chi connectivity index (χ2v) is 8.04. The number of hydrogen-bond donors (Lipinski definition) is 1. The van der Waals surface area contributed by atoms with Gasteiger partial charge in [-0.05, 0) is 45.9 Å². The molecule has 156 valence electrons. The Balaban J connectivity index is 1.80. The molecular formula is C21H26N8O. The zero-order valence-electron chi connectivity index (χ0n) is 17.7. The molecule has 0 radical (unpaired) electrons. The van der Waals surface area contributed by atoms with Crippen LogP contribution in [0.1, 0.15) is 32.5 Å². The molecule has 9 heteroatoms. The number of morpholine rings is 1. The predicted octanol–water partition coefficient (Wildman–Crippen LogP) is 3.10. The fourth-order valence-electron chi connectivity index (χ4n) is 4.15. The van der Waals surface area contributed by atoms with E-state index < -0.39 is 0 Å². The van der Waals surface area contributed by atoms with E-state index in [4.69, 9.17) is 14.8 Å². The molecular weight excluding hydrogens is 380 g/mol. The summed E-state index contributed by atoms with van der Waals surface area (Å²) in [5.74, 6) is 1.66. The number of hydrogen-bond acceptors (Lipinski definition) is 6. The van der Waals surface area contributed by atoms with Crippen molar-refractivity contribution in [2.24, 2.45) is 0 Å².